The Morgan fingerprint density at radius 1 is 1.73 bits per heavy atom. The molecule has 11 heavy (non-hydrogen) atoms. The van der Waals surface area contributed by atoms with Crippen LogP contribution in [0.25, 0.3) is 0 Å². The van der Waals surface area contributed by atoms with Gasteiger partial charge in [0.1, 0.15) is 6.61 Å². The molecule has 0 spiro atoms. The van der Waals surface area contributed by atoms with Gasteiger partial charge in [-0.3, -0.25) is 4.79 Å². The second-order valence-electron chi connectivity index (χ2n) is 1.95. The summed E-state index contributed by atoms with van der Waals surface area (Å²) < 4.78 is 4.83. The molecule has 0 aliphatic carbocycles. The van der Waals surface area contributed by atoms with E-state index in [4.69, 9.17) is 4.74 Å². The molecule has 60 valence electrons. The van der Waals surface area contributed by atoms with Crippen LogP contribution in [0.15, 0.2) is 16.8 Å². The van der Waals surface area contributed by atoms with Crippen molar-refractivity contribution < 1.29 is 9.53 Å². The van der Waals surface area contributed by atoms with Crippen molar-refractivity contribution in [2.24, 2.45) is 0 Å². The quantitative estimate of drug-likeness (QED) is 0.577. The highest BCUT2D eigenvalue weighted by molar-refractivity contribution is 7.81. The summed E-state index contributed by atoms with van der Waals surface area (Å²) in [5.41, 5.74) is 1.03. The number of carbonyl (C=O) groups is 1. The van der Waals surface area contributed by atoms with Crippen molar-refractivity contribution in [3.05, 3.63) is 22.4 Å². The van der Waals surface area contributed by atoms with Gasteiger partial charge in [-0.05, 0) is 16.8 Å². The fourth-order valence-corrected chi connectivity index (χ4v) is 1.33. The first kappa shape index (κ1) is 8.62. The van der Waals surface area contributed by atoms with Gasteiger partial charge >= 0.3 is 5.97 Å². The molecule has 1 aromatic rings. The predicted molar refractivity (Wildman–Crippen MR) is 48.0 cm³/mol. The van der Waals surface area contributed by atoms with Crippen LogP contribution < -0.4 is 0 Å². The van der Waals surface area contributed by atoms with E-state index in [1.165, 1.54) is 0 Å². The molecule has 0 saturated heterocycles. The monoisotopic (exact) mass is 188 g/mol. The van der Waals surface area contributed by atoms with E-state index in [-0.39, 0.29) is 11.7 Å². The number of esters is 1. The van der Waals surface area contributed by atoms with E-state index in [0.29, 0.717) is 6.61 Å². The third-order valence-corrected chi connectivity index (χ3v) is 2.10. The van der Waals surface area contributed by atoms with Crippen LogP contribution in [0.4, 0.5) is 0 Å². The molecule has 1 aromatic heterocycles. The summed E-state index contributed by atoms with van der Waals surface area (Å²) in [4.78, 5) is 10.6. The van der Waals surface area contributed by atoms with Crippen molar-refractivity contribution in [3.8, 4) is 0 Å². The normalized spacial score (nSPS) is 9.55. The Morgan fingerprint density at radius 3 is 3.09 bits per heavy atom. The Morgan fingerprint density at radius 2 is 2.55 bits per heavy atom. The summed E-state index contributed by atoms with van der Waals surface area (Å²) in [6, 6.07) is 1.93. The van der Waals surface area contributed by atoms with Crippen LogP contribution in [-0.4, -0.2) is 11.7 Å². The molecule has 4 heteroatoms. The Kier molecular flexibility index (Phi) is 3.45. The van der Waals surface area contributed by atoms with E-state index in [9.17, 15) is 4.79 Å². The molecule has 0 aromatic carbocycles. The van der Waals surface area contributed by atoms with Crippen molar-refractivity contribution in [2.45, 2.75) is 6.61 Å². The van der Waals surface area contributed by atoms with Crippen molar-refractivity contribution in [1.82, 2.24) is 0 Å². The van der Waals surface area contributed by atoms with Gasteiger partial charge in [0, 0.05) is 5.56 Å². The van der Waals surface area contributed by atoms with Crippen LogP contribution in [0, 0.1) is 0 Å². The Bertz CT molecular complexity index is 218. The lowest BCUT2D eigenvalue weighted by atomic mass is 10.4. The van der Waals surface area contributed by atoms with Gasteiger partial charge in [0.05, 0.1) is 5.75 Å². The molecule has 0 aliphatic heterocycles. The maximum Gasteiger partial charge on any atom is 0.315 e. The Labute approximate surface area is 74.6 Å². The summed E-state index contributed by atoms with van der Waals surface area (Å²) in [5, 5.41) is 3.90. The topological polar surface area (TPSA) is 26.3 Å². The Balaban J connectivity index is 2.29. The van der Waals surface area contributed by atoms with Gasteiger partial charge in [-0.15, -0.1) is 0 Å². The zero-order valence-corrected chi connectivity index (χ0v) is 7.53. The number of hydrogen-bond acceptors (Lipinski definition) is 4. The SMILES string of the molecule is O=C(CS)OCc1ccsc1. The van der Waals surface area contributed by atoms with Crippen molar-refractivity contribution in [1.29, 1.82) is 0 Å². The minimum Gasteiger partial charge on any atom is -0.460 e. The molecule has 0 bridgehead atoms. The molecule has 0 unspecified atom stereocenters. The lowest BCUT2D eigenvalue weighted by molar-refractivity contribution is -0.141. The molecule has 0 aliphatic rings. The summed E-state index contributed by atoms with van der Waals surface area (Å²) in [6.45, 7) is 0.364. The number of thiol groups is 1. The largest absolute Gasteiger partial charge is 0.460 e. The maximum absolute atomic E-state index is 10.6. The van der Waals surface area contributed by atoms with Gasteiger partial charge in [0.2, 0.25) is 0 Å². The molecule has 0 amide bonds. The van der Waals surface area contributed by atoms with E-state index < -0.39 is 0 Å². The van der Waals surface area contributed by atoms with E-state index in [1.807, 2.05) is 16.8 Å². The van der Waals surface area contributed by atoms with Gasteiger partial charge in [-0.25, -0.2) is 0 Å². The second-order valence-corrected chi connectivity index (χ2v) is 3.05. The smallest absolute Gasteiger partial charge is 0.315 e. The van der Waals surface area contributed by atoms with E-state index >= 15 is 0 Å². The summed E-state index contributed by atoms with van der Waals surface area (Å²) in [6.07, 6.45) is 0. The fraction of sp³-hybridized carbons (Fsp3) is 0.286. The summed E-state index contributed by atoms with van der Waals surface area (Å²) in [5.74, 6) is -0.135. The molecule has 0 N–H and O–H groups in total. The molecule has 1 heterocycles. The molecule has 0 radical (unpaired) electrons. The zero-order chi connectivity index (χ0) is 8.10. The van der Waals surface area contributed by atoms with Crippen LogP contribution in [-0.2, 0) is 16.1 Å². The summed E-state index contributed by atoms with van der Waals surface area (Å²) >= 11 is 5.36. The first-order chi connectivity index (χ1) is 5.33. The second kappa shape index (κ2) is 4.41. The minimum absolute atomic E-state index is 0.143. The number of carbonyl (C=O) groups excluding carboxylic acids is 1. The maximum atomic E-state index is 10.6. The highest BCUT2D eigenvalue weighted by atomic mass is 32.1. The van der Waals surface area contributed by atoms with Crippen LogP contribution >= 0.6 is 24.0 Å². The van der Waals surface area contributed by atoms with Crippen LogP contribution in [0.1, 0.15) is 5.56 Å². The number of ether oxygens (including phenoxy) is 1. The number of thiophene rings is 1. The lowest BCUT2D eigenvalue weighted by Gasteiger charge is -1.98. The van der Waals surface area contributed by atoms with Crippen LogP contribution in [0.2, 0.25) is 0 Å². The highest BCUT2D eigenvalue weighted by Crippen LogP contribution is 2.06. The molecular formula is C7H8O2S2. The van der Waals surface area contributed by atoms with Gasteiger partial charge < -0.3 is 4.74 Å². The molecule has 0 saturated carbocycles. The van der Waals surface area contributed by atoms with Gasteiger partial charge in [-0.1, -0.05) is 0 Å². The van der Waals surface area contributed by atoms with Crippen molar-refractivity contribution in [2.75, 3.05) is 5.75 Å². The molecule has 2 nitrogen and oxygen atoms in total. The molecular weight excluding hydrogens is 180 g/mol. The standard InChI is InChI=1S/C7H8O2S2/c8-7(4-10)9-3-6-1-2-11-5-6/h1-2,5,10H,3-4H2. The number of rotatable bonds is 3. The molecule has 1 rings (SSSR count). The first-order valence-corrected chi connectivity index (χ1v) is 4.68. The predicted octanol–water partition coefficient (Wildman–Crippen LogP) is 1.72. The van der Waals surface area contributed by atoms with Gasteiger partial charge in [0.25, 0.3) is 0 Å². The third kappa shape index (κ3) is 2.95. The minimum atomic E-state index is -0.278. The van der Waals surface area contributed by atoms with Crippen LogP contribution in [0.5, 0.6) is 0 Å². The van der Waals surface area contributed by atoms with Crippen LogP contribution in [0.3, 0.4) is 0 Å². The average Bonchev–Trinajstić information content (AvgIpc) is 2.52. The molecule has 0 fully saturated rings. The van der Waals surface area contributed by atoms with E-state index in [0.717, 1.165) is 5.56 Å². The summed E-state index contributed by atoms with van der Waals surface area (Å²) in [7, 11) is 0. The van der Waals surface area contributed by atoms with Gasteiger partial charge in [-0.2, -0.15) is 24.0 Å². The van der Waals surface area contributed by atoms with Crippen molar-refractivity contribution in [3.63, 3.8) is 0 Å². The number of hydrogen-bond donors (Lipinski definition) is 1. The fourth-order valence-electron chi connectivity index (χ4n) is 0.584. The Hall–Kier alpha value is -0.480. The van der Waals surface area contributed by atoms with Gasteiger partial charge in [0.15, 0.2) is 0 Å². The van der Waals surface area contributed by atoms with E-state index in [1.54, 1.807) is 11.3 Å². The third-order valence-electron chi connectivity index (χ3n) is 1.11. The highest BCUT2D eigenvalue weighted by Gasteiger charge is 1.98. The molecule has 0 atom stereocenters. The zero-order valence-electron chi connectivity index (χ0n) is 5.82. The van der Waals surface area contributed by atoms with E-state index in [2.05, 4.69) is 12.6 Å². The first-order valence-electron chi connectivity index (χ1n) is 3.10. The van der Waals surface area contributed by atoms with Crippen molar-refractivity contribution >= 4 is 29.9 Å². The average molecular weight is 188 g/mol. The lowest BCUT2D eigenvalue weighted by Crippen LogP contribution is -2.04.